The summed E-state index contributed by atoms with van der Waals surface area (Å²) in [6.07, 6.45) is 5.14. The maximum absolute atomic E-state index is 12.1. The number of hydrogen-bond acceptors (Lipinski definition) is 6. The standard InChI is InChI=1S/C18H19N5O2/c19-12-14-3-1-4-16(11-14)25-13-17(24)22-15-5-9-23(10-6-15)18-20-7-2-8-21-18/h1-4,7-8,11,15H,5-6,9-10,13H2,(H,22,24). The third kappa shape index (κ3) is 4.67. The van der Waals surface area contributed by atoms with Gasteiger partial charge in [-0.25, -0.2) is 9.97 Å². The number of aromatic nitrogens is 2. The van der Waals surface area contributed by atoms with Gasteiger partial charge < -0.3 is 15.0 Å². The molecule has 0 bridgehead atoms. The van der Waals surface area contributed by atoms with Gasteiger partial charge in [0.2, 0.25) is 5.95 Å². The summed E-state index contributed by atoms with van der Waals surface area (Å²) in [5.41, 5.74) is 0.508. The number of hydrogen-bond donors (Lipinski definition) is 1. The molecule has 7 heteroatoms. The number of nitriles is 1. The Hall–Kier alpha value is -3.14. The molecule has 1 aromatic heterocycles. The Morgan fingerprint density at radius 3 is 2.76 bits per heavy atom. The summed E-state index contributed by atoms with van der Waals surface area (Å²) < 4.78 is 5.45. The van der Waals surface area contributed by atoms with E-state index >= 15 is 0 Å². The lowest BCUT2D eigenvalue weighted by Gasteiger charge is -2.32. The van der Waals surface area contributed by atoms with Crippen molar-refractivity contribution in [3.8, 4) is 11.8 Å². The van der Waals surface area contributed by atoms with E-state index in [0.29, 0.717) is 11.3 Å². The molecule has 0 unspecified atom stereocenters. The minimum Gasteiger partial charge on any atom is -0.484 e. The summed E-state index contributed by atoms with van der Waals surface area (Å²) in [7, 11) is 0. The third-order valence-corrected chi connectivity index (χ3v) is 4.03. The van der Waals surface area contributed by atoms with Crippen LogP contribution in [-0.2, 0) is 4.79 Å². The zero-order valence-electron chi connectivity index (χ0n) is 13.8. The molecule has 0 atom stereocenters. The number of amides is 1. The molecule has 1 aromatic carbocycles. The van der Waals surface area contributed by atoms with Crippen LogP contribution in [0.2, 0.25) is 0 Å². The molecule has 0 saturated carbocycles. The number of carbonyl (C=O) groups excluding carboxylic acids is 1. The largest absolute Gasteiger partial charge is 0.484 e. The van der Waals surface area contributed by atoms with Crippen LogP contribution in [0.15, 0.2) is 42.7 Å². The molecule has 1 amide bonds. The van der Waals surface area contributed by atoms with Gasteiger partial charge in [-0.1, -0.05) is 6.07 Å². The summed E-state index contributed by atoms with van der Waals surface area (Å²) in [6, 6.07) is 10.7. The molecule has 25 heavy (non-hydrogen) atoms. The van der Waals surface area contributed by atoms with Crippen LogP contribution < -0.4 is 15.0 Å². The highest BCUT2D eigenvalue weighted by atomic mass is 16.5. The second kappa shape index (κ2) is 8.11. The van der Waals surface area contributed by atoms with Crippen LogP contribution in [-0.4, -0.2) is 41.6 Å². The molecular formula is C18H19N5O2. The Morgan fingerprint density at radius 2 is 2.04 bits per heavy atom. The molecule has 0 spiro atoms. The Bertz CT molecular complexity index is 752. The van der Waals surface area contributed by atoms with Crippen LogP contribution in [0.5, 0.6) is 5.75 Å². The fraction of sp³-hybridized carbons (Fsp3) is 0.333. The van der Waals surface area contributed by atoms with Crippen molar-refractivity contribution in [2.24, 2.45) is 0 Å². The van der Waals surface area contributed by atoms with Crippen LogP contribution in [0.4, 0.5) is 5.95 Å². The first kappa shape index (κ1) is 16.7. The van der Waals surface area contributed by atoms with Gasteiger partial charge in [0.25, 0.3) is 5.91 Å². The van der Waals surface area contributed by atoms with Crippen LogP contribution in [0.1, 0.15) is 18.4 Å². The summed E-state index contributed by atoms with van der Waals surface area (Å²) in [5.74, 6) is 1.09. The highest BCUT2D eigenvalue weighted by Gasteiger charge is 2.22. The maximum atomic E-state index is 12.1. The minimum atomic E-state index is -0.156. The number of nitrogens with zero attached hydrogens (tertiary/aromatic N) is 4. The van der Waals surface area contributed by atoms with Crippen molar-refractivity contribution in [2.45, 2.75) is 18.9 Å². The average Bonchev–Trinajstić information content (AvgIpc) is 2.68. The smallest absolute Gasteiger partial charge is 0.258 e. The molecule has 3 rings (SSSR count). The van der Waals surface area contributed by atoms with Crippen LogP contribution >= 0.6 is 0 Å². The van der Waals surface area contributed by atoms with E-state index in [0.717, 1.165) is 31.9 Å². The summed E-state index contributed by atoms with van der Waals surface area (Å²) in [4.78, 5) is 22.7. The molecule has 1 aliphatic heterocycles. The lowest BCUT2D eigenvalue weighted by molar-refractivity contribution is -0.123. The Labute approximate surface area is 146 Å². The second-order valence-corrected chi connectivity index (χ2v) is 5.81. The Kier molecular flexibility index (Phi) is 5.42. The van der Waals surface area contributed by atoms with Crippen LogP contribution in [0.3, 0.4) is 0 Å². The zero-order chi connectivity index (χ0) is 17.5. The van der Waals surface area contributed by atoms with E-state index in [-0.39, 0.29) is 18.6 Å². The molecule has 1 aliphatic rings. The topological polar surface area (TPSA) is 91.1 Å². The molecule has 7 nitrogen and oxygen atoms in total. The summed E-state index contributed by atoms with van der Waals surface area (Å²) in [5, 5.41) is 11.9. The maximum Gasteiger partial charge on any atom is 0.258 e. The highest BCUT2D eigenvalue weighted by Crippen LogP contribution is 2.15. The third-order valence-electron chi connectivity index (χ3n) is 4.03. The number of carbonyl (C=O) groups is 1. The number of rotatable bonds is 5. The first-order chi connectivity index (χ1) is 12.2. The van der Waals surface area contributed by atoms with Crippen LogP contribution in [0.25, 0.3) is 0 Å². The predicted octanol–water partition coefficient (Wildman–Crippen LogP) is 1.51. The van der Waals surface area contributed by atoms with Crippen molar-refractivity contribution < 1.29 is 9.53 Å². The van der Waals surface area contributed by atoms with E-state index < -0.39 is 0 Å². The first-order valence-corrected chi connectivity index (χ1v) is 8.19. The number of benzene rings is 1. The quantitative estimate of drug-likeness (QED) is 0.889. The van der Waals surface area contributed by atoms with Crippen molar-refractivity contribution in [2.75, 3.05) is 24.6 Å². The Morgan fingerprint density at radius 1 is 1.28 bits per heavy atom. The van der Waals surface area contributed by atoms with Crippen molar-refractivity contribution >= 4 is 11.9 Å². The van der Waals surface area contributed by atoms with Gasteiger partial charge in [-0.15, -0.1) is 0 Å². The van der Waals surface area contributed by atoms with E-state index in [1.54, 1.807) is 42.7 Å². The van der Waals surface area contributed by atoms with Gasteiger partial charge >= 0.3 is 0 Å². The monoisotopic (exact) mass is 337 g/mol. The molecule has 1 fully saturated rings. The lowest BCUT2D eigenvalue weighted by Crippen LogP contribution is -2.46. The molecule has 128 valence electrons. The first-order valence-electron chi connectivity index (χ1n) is 8.19. The van der Waals surface area contributed by atoms with E-state index in [9.17, 15) is 4.79 Å². The van der Waals surface area contributed by atoms with Gasteiger partial charge in [0.1, 0.15) is 5.75 Å². The summed E-state index contributed by atoms with van der Waals surface area (Å²) >= 11 is 0. The molecular weight excluding hydrogens is 318 g/mol. The molecule has 0 aliphatic carbocycles. The average molecular weight is 337 g/mol. The second-order valence-electron chi connectivity index (χ2n) is 5.81. The van der Waals surface area contributed by atoms with Gasteiger partial charge in [0.05, 0.1) is 11.6 Å². The summed E-state index contributed by atoms with van der Waals surface area (Å²) in [6.45, 7) is 1.55. The van der Waals surface area contributed by atoms with Crippen molar-refractivity contribution in [3.63, 3.8) is 0 Å². The fourth-order valence-electron chi connectivity index (χ4n) is 2.75. The van der Waals surface area contributed by atoms with Crippen LogP contribution in [0, 0.1) is 11.3 Å². The molecule has 2 heterocycles. The molecule has 0 radical (unpaired) electrons. The van der Waals surface area contributed by atoms with Gasteiger partial charge in [0.15, 0.2) is 6.61 Å². The SMILES string of the molecule is N#Cc1cccc(OCC(=O)NC2CCN(c3ncccn3)CC2)c1. The van der Waals surface area contributed by atoms with Gasteiger partial charge in [-0.2, -0.15) is 5.26 Å². The number of nitrogens with one attached hydrogen (secondary N) is 1. The van der Waals surface area contributed by atoms with Gasteiger partial charge in [0, 0.05) is 31.5 Å². The fourth-order valence-corrected chi connectivity index (χ4v) is 2.75. The van der Waals surface area contributed by atoms with Crippen molar-refractivity contribution in [1.82, 2.24) is 15.3 Å². The van der Waals surface area contributed by atoms with Crippen molar-refractivity contribution in [3.05, 3.63) is 48.3 Å². The minimum absolute atomic E-state index is 0.0586. The Balaban J connectivity index is 1.43. The number of piperidine rings is 1. The number of ether oxygens (including phenoxy) is 1. The highest BCUT2D eigenvalue weighted by molar-refractivity contribution is 5.77. The molecule has 2 aromatic rings. The normalized spacial score (nSPS) is 14.6. The van der Waals surface area contributed by atoms with Gasteiger partial charge in [-0.3, -0.25) is 4.79 Å². The zero-order valence-corrected chi connectivity index (χ0v) is 13.8. The van der Waals surface area contributed by atoms with Gasteiger partial charge in [-0.05, 0) is 37.1 Å². The lowest BCUT2D eigenvalue weighted by atomic mass is 10.1. The predicted molar refractivity (Wildman–Crippen MR) is 92.1 cm³/mol. The van der Waals surface area contributed by atoms with E-state index in [1.807, 2.05) is 6.07 Å². The molecule has 1 N–H and O–H groups in total. The van der Waals surface area contributed by atoms with E-state index in [4.69, 9.17) is 10.00 Å². The van der Waals surface area contributed by atoms with Crippen molar-refractivity contribution in [1.29, 1.82) is 5.26 Å². The van der Waals surface area contributed by atoms with E-state index in [1.165, 1.54) is 0 Å². The number of anilines is 1. The van der Waals surface area contributed by atoms with E-state index in [2.05, 4.69) is 20.2 Å². The molecule has 1 saturated heterocycles.